The van der Waals surface area contributed by atoms with E-state index in [0.717, 1.165) is 24.0 Å². The minimum absolute atomic E-state index is 0.282. The van der Waals surface area contributed by atoms with Gasteiger partial charge in [0.25, 0.3) is 0 Å². The number of hydrogen-bond acceptors (Lipinski definition) is 3. The van der Waals surface area contributed by atoms with Crippen molar-refractivity contribution >= 4 is 5.78 Å². The lowest BCUT2D eigenvalue weighted by Crippen LogP contribution is -2.00. The molecular weight excluding hydrogens is 204 g/mol. The highest BCUT2D eigenvalue weighted by Crippen LogP contribution is 2.32. The highest BCUT2D eigenvalue weighted by atomic mass is 16.5. The number of nitrogens with zero attached hydrogens (tertiary/aromatic N) is 2. The number of Topliss-reactive ketones (excluding diaryl/α,β-unsaturated/α-hetero) is 1. The van der Waals surface area contributed by atoms with Gasteiger partial charge in [0.2, 0.25) is 0 Å². The number of aromatic nitrogens is 2. The fourth-order valence-electron chi connectivity index (χ4n) is 1.78. The van der Waals surface area contributed by atoms with Crippen LogP contribution in [0.1, 0.15) is 28.8 Å². The summed E-state index contributed by atoms with van der Waals surface area (Å²) in [5, 5.41) is 3.64. The van der Waals surface area contributed by atoms with Crippen LogP contribution in [0.25, 0.3) is 0 Å². The highest BCUT2D eigenvalue weighted by Gasteiger charge is 2.30. The molecule has 0 N–H and O–H groups in total. The summed E-state index contributed by atoms with van der Waals surface area (Å²) in [5.74, 6) is 0.565. The molecule has 0 aromatic carbocycles. The minimum atomic E-state index is 0.282. The van der Waals surface area contributed by atoms with E-state index < -0.39 is 0 Å². The van der Waals surface area contributed by atoms with Crippen molar-refractivity contribution in [1.82, 2.24) is 9.72 Å². The van der Waals surface area contributed by atoms with Crippen LogP contribution in [0.4, 0.5) is 0 Å². The minimum Gasteiger partial charge on any atom is -0.364 e. The standard InChI is InChI=1S/C12H12N2O2/c15-12(10-1-2-10)11-3-4-14(7-11)6-9-5-13-16-8-9/h3-5,7-8,10H,1-2,6H2. The smallest absolute Gasteiger partial charge is 0.167 e. The number of carbonyl (C=O) groups excluding carboxylic acids is 1. The van der Waals surface area contributed by atoms with Crippen LogP contribution in [-0.2, 0) is 6.54 Å². The van der Waals surface area contributed by atoms with E-state index in [9.17, 15) is 4.79 Å². The summed E-state index contributed by atoms with van der Waals surface area (Å²) in [4.78, 5) is 11.8. The van der Waals surface area contributed by atoms with Gasteiger partial charge in [-0.1, -0.05) is 5.16 Å². The van der Waals surface area contributed by atoms with Crippen LogP contribution in [0.5, 0.6) is 0 Å². The van der Waals surface area contributed by atoms with Crippen molar-refractivity contribution in [2.24, 2.45) is 5.92 Å². The van der Waals surface area contributed by atoms with Crippen LogP contribution in [0.2, 0.25) is 0 Å². The first-order chi connectivity index (χ1) is 7.83. The Morgan fingerprint density at radius 2 is 2.44 bits per heavy atom. The van der Waals surface area contributed by atoms with Crippen molar-refractivity contribution in [3.63, 3.8) is 0 Å². The van der Waals surface area contributed by atoms with Gasteiger partial charge in [-0.15, -0.1) is 0 Å². The average molecular weight is 216 g/mol. The average Bonchev–Trinajstić information content (AvgIpc) is 2.82. The molecule has 0 saturated heterocycles. The Kier molecular flexibility index (Phi) is 2.13. The molecule has 1 aliphatic carbocycles. The molecule has 2 aromatic rings. The normalized spacial score (nSPS) is 15.2. The van der Waals surface area contributed by atoms with E-state index in [1.807, 2.05) is 23.0 Å². The fraction of sp³-hybridized carbons (Fsp3) is 0.333. The number of rotatable bonds is 4. The molecule has 0 atom stereocenters. The molecule has 2 aromatic heterocycles. The van der Waals surface area contributed by atoms with Crippen molar-refractivity contribution in [2.45, 2.75) is 19.4 Å². The van der Waals surface area contributed by atoms with E-state index in [2.05, 4.69) is 5.16 Å². The molecule has 1 aliphatic rings. The van der Waals surface area contributed by atoms with Gasteiger partial charge in [-0.25, -0.2) is 0 Å². The Labute approximate surface area is 92.9 Å². The first-order valence-electron chi connectivity index (χ1n) is 5.41. The van der Waals surface area contributed by atoms with E-state index in [0.29, 0.717) is 6.54 Å². The summed E-state index contributed by atoms with van der Waals surface area (Å²) in [7, 11) is 0. The van der Waals surface area contributed by atoms with Crippen LogP contribution < -0.4 is 0 Å². The monoisotopic (exact) mass is 216 g/mol. The van der Waals surface area contributed by atoms with Gasteiger partial charge in [-0.2, -0.15) is 0 Å². The van der Waals surface area contributed by atoms with Crippen LogP contribution in [0.15, 0.2) is 35.4 Å². The molecule has 4 heteroatoms. The summed E-state index contributed by atoms with van der Waals surface area (Å²) in [6.45, 7) is 0.696. The second-order valence-electron chi connectivity index (χ2n) is 4.24. The topological polar surface area (TPSA) is 48.0 Å². The van der Waals surface area contributed by atoms with Crippen molar-refractivity contribution in [3.8, 4) is 0 Å². The predicted octanol–water partition coefficient (Wildman–Crippen LogP) is 2.12. The lowest BCUT2D eigenvalue weighted by Gasteiger charge is -1.97. The van der Waals surface area contributed by atoms with Crippen LogP contribution in [0, 0.1) is 5.92 Å². The van der Waals surface area contributed by atoms with Crippen LogP contribution >= 0.6 is 0 Å². The van der Waals surface area contributed by atoms with Gasteiger partial charge in [0.05, 0.1) is 12.7 Å². The Morgan fingerprint density at radius 1 is 1.56 bits per heavy atom. The molecule has 1 saturated carbocycles. The summed E-state index contributed by atoms with van der Waals surface area (Å²) in [6.07, 6.45) is 9.21. The van der Waals surface area contributed by atoms with Gasteiger partial charge in [0, 0.05) is 29.4 Å². The third kappa shape index (κ3) is 1.78. The molecule has 0 aliphatic heterocycles. The van der Waals surface area contributed by atoms with Gasteiger partial charge >= 0.3 is 0 Å². The van der Waals surface area contributed by atoms with Crippen LogP contribution in [-0.4, -0.2) is 15.5 Å². The number of carbonyl (C=O) groups is 1. The third-order valence-electron chi connectivity index (χ3n) is 2.83. The molecule has 0 amide bonds. The molecular formula is C12H12N2O2. The van der Waals surface area contributed by atoms with Gasteiger partial charge in [0.1, 0.15) is 6.26 Å². The van der Waals surface area contributed by atoms with E-state index in [1.54, 1.807) is 12.5 Å². The number of ketones is 1. The largest absolute Gasteiger partial charge is 0.364 e. The van der Waals surface area contributed by atoms with Gasteiger partial charge < -0.3 is 9.09 Å². The Bertz CT molecular complexity index is 495. The lowest BCUT2D eigenvalue weighted by atomic mass is 10.1. The zero-order chi connectivity index (χ0) is 11.0. The Hall–Kier alpha value is -1.84. The maximum atomic E-state index is 11.8. The first kappa shape index (κ1) is 9.39. The summed E-state index contributed by atoms with van der Waals surface area (Å²) < 4.78 is 6.73. The highest BCUT2D eigenvalue weighted by molar-refractivity contribution is 5.99. The Balaban J connectivity index is 1.74. The number of hydrogen-bond donors (Lipinski definition) is 0. The molecule has 1 fully saturated rings. The molecule has 82 valence electrons. The van der Waals surface area contributed by atoms with E-state index in [4.69, 9.17) is 4.52 Å². The lowest BCUT2D eigenvalue weighted by molar-refractivity contribution is 0.0967. The van der Waals surface area contributed by atoms with Crippen molar-refractivity contribution in [3.05, 3.63) is 42.0 Å². The predicted molar refractivity (Wildman–Crippen MR) is 57.1 cm³/mol. The van der Waals surface area contributed by atoms with Crippen molar-refractivity contribution < 1.29 is 9.32 Å². The Morgan fingerprint density at radius 3 is 3.12 bits per heavy atom. The quantitative estimate of drug-likeness (QED) is 0.735. The molecule has 3 rings (SSSR count). The molecule has 0 radical (unpaired) electrons. The second kappa shape index (κ2) is 3.63. The first-order valence-corrected chi connectivity index (χ1v) is 5.41. The van der Waals surface area contributed by atoms with E-state index >= 15 is 0 Å². The van der Waals surface area contributed by atoms with E-state index in [-0.39, 0.29) is 11.7 Å². The molecule has 4 nitrogen and oxygen atoms in total. The van der Waals surface area contributed by atoms with E-state index in [1.165, 1.54) is 0 Å². The molecule has 2 heterocycles. The summed E-state index contributed by atoms with van der Waals surface area (Å²) >= 11 is 0. The zero-order valence-electron chi connectivity index (χ0n) is 8.80. The molecule has 0 unspecified atom stereocenters. The molecule has 16 heavy (non-hydrogen) atoms. The fourth-order valence-corrected chi connectivity index (χ4v) is 1.78. The van der Waals surface area contributed by atoms with Gasteiger partial charge in [0.15, 0.2) is 5.78 Å². The summed E-state index contributed by atoms with van der Waals surface area (Å²) in [6, 6.07) is 1.88. The van der Waals surface area contributed by atoms with Gasteiger partial charge in [-0.05, 0) is 18.9 Å². The van der Waals surface area contributed by atoms with Crippen LogP contribution in [0.3, 0.4) is 0 Å². The SMILES string of the molecule is O=C(c1ccn(Cc2cnoc2)c1)C1CC1. The maximum Gasteiger partial charge on any atom is 0.167 e. The van der Waals surface area contributed by atoms with Crippen molar-refractivity contribution in [1.29, 1.82) is 0 Å². The van der Waals surface area contributed by atoms with Crippen molar-refractivity contribution in [2.75, 3.05) is 0 Å². The third-order valence-corrected chi connectivity index (χ3v) is 2.83. The maximum absolute atomic E-state index is 11.8. The molecule has 0 bridgehead atoms. The molecule has 0 spiro atoms. The second-order valence-corrected chi connectivity index (χ2v) is 4.24. The summed E-state index contributed by atoms with van der Waals surface area (Å²) in [5.41, 5.74) is 1.82. The zero-order valence-corrected chi connectivity index (χ0v) is 8.80. The van der Waals surface area contributed by atoms with Gasteiger partial charge in [-0.3, -0.25) is 4.79 Å².